The SMILES string of the molecule is CC(NC(C)C(C)C)c1ccc(NC(N)=O)cc1. The van der Waals surface area contributed by atoms with E-state index in [2.05, 4.69) is 38.3 Å². The van der Waals surface area contributed by atoms with E-state index in [9.17, 15) is 4.79 Å². The summed E-state index contributed by atoms with van der Waals surface area (Å²) in [7, 11) is 0. The summed E-state index contributed by atoms with van der Waals surface area (Å²) >= 11 is 0. The van der Waals surface area contributed by atoms with E-state index in [4.69, 9.17) is 5.73 Å². The first-order valence-corrected chi connectivity index (χ1v) is 6.32. The van der Waals surface area contributed by atoms with Crippen molar-refractivity contribution in [1.82, 2.24) is 5.32 Å². The fourth-order valence-corrected chi connectivity index (χ4v) is 1.68. The molecule has 0 bridgehead atoms. The molecule has 0 heterocycles. The minimum atomic E-state index is -0.539. The smallest absolute Gasteiger partial charge is 0.316 e. The second-order valence-corrected chi connectivity index (χ2v) is 5.03. The van der Waals surface area contributed by atoms with E-state index >= 15 is 0 Å². The van der Waals surface area contributed by atoms with E-state index in [0.29, 0.717) is 12.0 Å². The number of hydrogen-bond donors (Lipinski definition) is 3. The highest BCUT2D eigenvalue weighted by atomic mass is 16.2. The van der Waals surface area contributed by atoms with Crippen molar-refractivity contribution >= 4 is 11.7 Å². The van der Waals surface area contributed by atoms with Gasteiger partial charge in [0.2, 0.25) is 0 Å². The first kappa shape index (κ1) is 14.5. The number of carbonyl (C=O) groups is 1. The highest BCUT2D eigenvalue weighted by molar-refractivity contribution is 5.87. The molecule has 0 aliphatic rings. The summed E-state index contributed by atoms with van der Waals surface area (Å²) in [6, 6.07) is 7.92. The number of amides is 2. The van der Waals surface area contributed by atoms with Gasteiger partial charge in [-0.15, -0.1) is 0 Å². The molecule has 1 aromatic rings. The zero-order valence-electron chi connectivity index (χ0n) is 11.5. The van der Waals surface area contributed by atoms with Crippen molar-refractivity contribution < 1.29 is 4.79 Å². The van der Waals surface area contributed by atoms with Gasteiger partial charge in [0.05, 0.1) is 0 Å². The van der Waals surface area contributed by atoms with Crippen LogP contribution in [-0.4, -0.2) is 12.1 Å². The lowest BCUT2D eigenvalue weighted by Crippen LogP contribution is -2.32. The number of primary amides is 1. The maximum absolute atomic E-state index is 10.7. The average Bonchev–Trinajstić information content (AvgIpc) is 2.28. The predicted octanol–water partition coefficient (Wildman–Crippen LogP) is 2.87. The van der Waals surface area contributed by atoms with Crippen LogP contribution in [0.4, 0.5) is 10.5 Å². The number of nitrogens with two attached hydrogens (primary N) is 1. The lowest BCUT2D eigenvalue weighted by Gasteiger charge is -2.23. The summed E-state index contributed by atoms with van der Waals surface area (Å²) in [5.74, 6) is 0.600. The van der Waals surface area contributed by atoms with E-state index in [1.807, 2.05) is 24.3 Å². The Hall–Kier alpha value is -1.55. The molecule has 100 valence electrons. The van der Waals surface area contributed by atoms with Crippen molar-refractivity contribution in [2.75, 3.05) is 5.32 Å². The Labute approximate surface area is 109 Å². The van der Waals surface area contributed by atoms with Gasteiger partial charge in [-0.2, -0.15) is 0 Å². The van der Waals surface area contributed by atoms with Gasteiger partial charge in [0.1, 0.15) is 0 Å². The molecule has 0 fully saturated rings. The van der Waals surface area contributed by atoms with Gasteiger partial charge in [-0.1, -0.05) is 26.0 Å². The largest absolute Gasteiger partial charge is 0.351 e. The minimum absolute atomic E-state index is 0.282. The molecule has 4 N–H and O–H groups in total. The molecule has 0 saturated heterocycles. The topological polar surface area (TPSA) is 67.2 Å². The fraction of sp³-hybridized carbons (Fsp3) is 0.500. The molecule has 0 spiro atoms. The standard InChI is InChI=1S/C14H23N3O/c1-9(2)10(3)16-11(4)12-5-7-13(8-6-12)17-14(15)18/h5-11,16H,1-4H3,(H3,15,17,18). The molecule has 0 aliphatic heterocycles. The van der Waals surface area contributed by atoms with E-state index in [1.165, 1.54) is 5.56 Å². The van der Waals surface area contributed by atoms with Crippen molar-refractivity contribution in [2.45, 2.75) is 39.8 Å². The number of anilines is 1. The summed E-state index contributed by atoms with van der Waals surface area (Å²) in [4.78, 5) is 10.7. The molecule has 0 radical (unpaired) electrons. The van der Waals surface area contributed by atoms with Crippen LogP contribution in [0.25, 0.3) is 0 Å². The van der Waals surface area contributed by atoms with Crippen LogP contribution < -0.4 is 16.4 Å². The van der Waals surface area contributed by atoms with Crippen LogP contribution in [0.3, 0.4) is 0 Å². The molecule has 1 aromatic carbocycles. The average molecular weight is 249 g/mol. The van der Waals surface area contributed by atoms with Crippen molar-refractivity contribution in [3.05, 3.63) is 29.8 Å². The number of benzene rings is 1. The molecule has 0 aromatic heterocycles. The summed E-state index contributed by atoms with van der Waals surface area (Å²) in [6.07, 6.45) is 0. The number of rotatable bonds is 5. The lowest BCUT2D eigenvalue weighted by molar-refractivity contribution is 0.259. The maximum atomic E-state index is 10.7. The minimum Gasteiger partial charge on any atom is -0.351 e. The van der Waals surface area contributed by atoms with Gasteiger partial charge in [0, 0.05) is 17.8 Å². The summed E-state index contributed by atoms with van der Waals surface area (Å²) in [6.45, 7) is 8.72. The van der Waals surface area contributed by atoms with Gasteiger partial charge in [-0.25, -0.2) is 4.79 Å². The zero-order valence-corrected chi connectivity index (χ0v) is 11.5. The van der Waals surface area contributed by atoms with Crippen LogP contribution in [0.1, 0.15) is 39.3 Å². The third-order valence-electron chi connectivity index (χ3n) is 3.19. The molecule has 2 amide bonds. The Morgan fingerprint density at radius 3 is 2.11 bits per heavy atom. The molecule has 0 aliphatic carbocycles. The van der Waals surface area contributed by atoms with E-state index < -0.39 is 6.03 Å². The molecule has 2 atom stereocenters. The number of urea groups is 1. The van der Waals surface area contributed by atoms with Gasteiger partial charge < -0.3 is 16.4 Å². The molecular weight excluding hydrogens is 226 g/mol. The fourth-order valence-electron chi connectivity index (χ4n) is 1.68. The van der Waals surface area contributed by atoms with Crippen LogP contribution in [-0.2, 0) is 0 Å². The maximum Gasteiger partial charge on any atom is 0.316 e. The Balaban J connectivity index is 2.64. The zero-order chi connectivity index (χ0) is 13.7. The van der Waals surface area contributed by atoms with Gasteiger partial charge in [0.15, 0.2) is 0 Å². The van der Waals surface area contributed by atoms with Crippen LogP contribution in [0.15, 0.2) is 24.3 Å². The molecule has 4 nitrogen and oxygen atoms in total. The summed E-state index contributed by atoms with van der Waals surface area (Å²) in [5.41, 5.74) is 6.97. The Bertz CT molecular complexity index is 387. The van der Waals surface area contributed by atoms with Gasteiger partial charge in [-0.05, 0) is 37.5 Å². The first-order chi connectivity index (χ1) is 8.40. The van der Waals surface area contributed by atoms with E-state index in [1.54, 1.807) is 0 Å². The summed E-state index contributed by atoms with van der Waals surface area (Å²) < 4.78 is 0. The quantitative estimate of drug-likeness (QED) is 0.751. The Morgan fingerprint density at radius 2 is 1.67 bits per heavy atom. The Morgan fingerprint density at radius 1 is 1.11 bits per heavy atom. The monoisotopic (exact) mass is 249 g/mol. The van der Waals surface area contributed by atoms with Crippen molar-refractivity contribution in [2.24, 2.45) is 11.7 Å². The first-order valence-electron chi connectivity index (χ1n) is 6.32. The lowest BCUT2D eigenvalue weighted by atomic mass is 10.0. The van der Waals surface area contributed by atoms with Gasteiger partial charge in [0.25, 0.3) is 0 Å². The van der Waals surface area contributed by atoms with Crippen molar-refractivity contribution in [1.29, 1.82) is 0 Å². The molecule has 18 heavy (non-hydrogen) atoms. The molecule has 4 heteroatoms. The summed E-state index contributed by atoms with van der Waals surface area (Å²) in [5, 5.41) is 6.09. The Kier molecular flexibility index (Phi) is 5.16. The van der Waals surface area contributed by atoms with Crippen LogP contribution >= 0.6 is 0 Å². The van der Waals surface area contributed by atoms with Gasteiger partial charge in [-0.3, -0.25) is 0 Å². The third-order valence-corrected chi connectivity index (χ3v) is 3.19. The second-order valence-electron chi connectivity index (χ2n) is 5.03. The molecular formula is C14H23N3O. The van der Waals surface area contributed by atoms with E-state index in [-0.39, 0.29) is 6.04 Å². The van der Waals surface area contributed by atoms with E-state index in [0.717, 1.165) is 5.69 Å². The second kappa shape index (κ2) is 6.40. The van der Waals surface area contributed by atoms with Crippen molar-refractivity contribution in [3.8, 4) is 0 Å². The van der Waals surface area contributed by atoms with Crippen LogP contribution in [0, 0.1) is 5.92 Å². The number of hydrogen-bond acceptors (Lipinski definition) is 2. The van der Waals surface area contributed by atoms with Crippen LogP contribution in [0.5, 0.6) is 0 Å². The number of carbonyl (C=O) groups excluding carboxylic acids is 1. The molecule has 1 rings (SSSR count). The predicted molar refractivity (Wildman–Crippen MR) is 75.5 cm³/mol. The molecule has 2 unspecified atom stereocenters. The highest BCUT2D eigenvalue weighted by Gasteiger charge is 2.12. The normalized spacial score (nSPS) is 14.3. The van der Waals surface area contributed by atoms with Gasteiger partial charge >= 0.3 is 6.03 Å². The third kappa shape index (κ3) is 4.37. The van der Waals surface area contributed by atoms with Crippen molar-refractivity contribution in [3.63, 3.8) is 0 Å². The highest BCUT2D eigenvalue weighted by Crippen LogP contribution is 2.17. The number of nitrogens with one attached hydrogen (secondary N) is 2. The van der Waals surface area contributed by atoms with Crippen LogP contribution in [0.2, 0.25) is 0 Å². The molecule has 0 saturated carbocycles.